The molecule has 2 atom stereocenters. The highest BCUT2D eigenvalue weighted by Crippen LogP contribution is 2.49. The van der Waals surface area contributed by atoms with Crippen LogP contribution in [-0.4, -0.2) is 48.2 Å². The molecule has 1 saturated heterocycles. The quantitative estimate of drug-likeness (QED) is 0.228. The molecule has 234 valence electrons. The Hall–Kier alpha value is -3.99. The Morgan fingerprint density at radius 3 is 2.57 bits per heavy atom. The van der Waals surface area contributed by atoms with E-state index in [1.54, 1.807) is 19.9 Å². The molecule has 0 radical (unpaired) electrons. The number of nitrogens with one attached hydrogen (secondary N) is 1. The molecule has 2 aliphatic rings. The van der Waals surface area contributed by atoms with Crippen LogP contribution >= 0.6 is 0 Å². The Morgan fingerprint density at radius 1 is 1.18 bits per heavy atom. The molecule has 44 heavy (non-hydrogen) atoms. The molecule has 0 bridgehead atoms. The molecule has 0 saturated carbocycles. The number of amides is 1. The number of hydrogen-bond acceptors (Lipinski definition) is 6. The Labute approximate surface area is 252 Å². The van der Waals surface area contributed by atoms with Crippen molar-refractivity contribution < 1.29 is 41.7 Å². The molecule has 0 spiro atoms. The first-order valence-electron chi connectivity index (χ1n) is 14.4. The van der Waals surface area contributed by atoms with Crippen LogP contribution in [0, 0.1) is 18.7 Å². The van der Waals surface area contributed by atoms with E-state index in [1.165, 1.54) is 50.4 Å². The number of carbonyl (C=O) groups excluding carboxylic acids is 2. The number of benzene rings is 2. The molecular formula is C33H34F4N2O5. The Balaban J connectivity index is 1.47. The summed E-state index contributed by atoms with van der Waals surface area (Å²) in [5.41, 5.74) is -2.95. The largest absolute Gasteiger partial charge is 0.496 e. The molecule has 2 N–H and O–H groups in total. The maximum atomic E-state index is 14.7. The standard InChI is InChI=1S/C33H34F4N2O5/c1-18-13-21(7-8-24(18)34)28-29-23(31(2,3)17-44-29)16-27(39-28)32(42,33(35,36)37)11-9-25(40)19-5-6-20(26(15-19)43-4)14-22-10-12-38-30(22)41/h5-8,13,15-16,22,42H,9-12,14,17H2,1-4H3,(H,38,41). The highest BCUT2D eigenvalue weighted by Gasteiger charge is 2.56. The van der Waals surface area contributed by atoms with Gasteiger partial charge in [0.25, 0.3) is 0 Å². The first-order chi connectivity index (χ1) is 20.6. The number of aryl methyl sites for hydroxylation is 1. The van der Waals surface area contributed by atoms with Gasteiger partial charge < -0.3 is 19.9 Å². The second kappa shape index (κ2) is 11.5. The van der Waals surface area contributed by atoms with Crippen molar-refractivity contribution in [1.29, 1.82) is 0 Å². The van der Waals surface area contributed by atoms with Crippen molar-refractivity contribution in [2.24, 2.45) is 5.92 Å². The molecule has 2 aliphatic heterocycles. The van der Waals surface area contributed by atoms with Crippen LogP contribution in [0.5, 0.6) is 11.5 Å². The number of alkyl halides is 3. The summed E-state index contributed by atoms with van der Waals surface area (Å²) in [4.78, 5) is 29.5. The van der Waals surface area contributed by atoms with Crippen molar-refractivity contribution in [3.05, 3.63) is 76.2 Å². The second-order valence-electron chi connectivity index (χ2n) is 12.2. The van der Waals surface area contributed by atoms with E-state index >= 15 is 0 Å². The van der Waals surface area contributed by atoms with Gasteiger partial charge in [-0.25, -0.2) is 9.37 Å². The number of hydrogen-bond donors (Lipinski definition) is 2. The number of ketones is 1. The summed E-state index contributed by atoms with van der Waals surface area (Å²) in [5, 5.41) is 14.1. The number of aliphatic hydroxyl groups is 1. The van der Waals surface area contributed by atoms with Gasteiger partial charge in [0.1, 0.15) is 23.0 Å². The number of Topliss-reactive ketones (excluding diaryl/α,β-unsaturated/α-hetero) is 1. The number of fused-ring (bicyclic) bond motifs is 1. The van der Waals surface area contributed by atoms with Gasteiger partial charge in [0.15, 0.2) is 5.78 Å². The van der Waals surface area contributed by atoms with Crippen molar-refractivity contribution in [3.63, 3.8) is 0 Å². The van der Waals surface area contributed by atoms with E-state index in [1.807, 2.05) is 0 Å². The monoisotopic (exact) mass is 614 g/mol. The number of ether oxygens (including phenoxy) is 2. The minimum absolute atomic E-state index is 0.0523. The smallest absolute Gasteiger partial charge is 0.422 e. The number of aromatic nitrogens is 1. The SMILES string of the molecule is COc1cc(C(=O)CCC(O)(c2cc3c(c(-c4ccc(F)c(C)c4)n2)OCC3(C)C)C(F)(F)F)ccc1CC1CCNC1=O. The van der Waals surface area contributed by atoms with Crippen LogP contribution in [0.25, 0.3) is 11.3 Å². The maximum Gasteiger partial charge on any atom is 0.422 e. The van der Waals surface area contributed by atoms with Crippen molar-refractivity contribution in [2.45, 2.75) is 63.6 Å². The number of methoxy groups -OCH3 is 1. The van der Waals surface area contributed by atoms with Gasteiger partial charge in [-0.15, -0.1) is 0 Å². The lowest BCUT2D eigenvalue weighted by molar-refractivity contribution is -0.270. The van der Waals surface area contributed by atoms with E-state index in [9.17, 15) is 32.3 Å². The van der Waals surface area contributed by atoms with Gasteiger partial charge in [-0.2, -0.15) is 13.2 Å². The zero-order chi connectivity index (χ0) is 32.0. The third-order valence-electron chi connectivity index (χ3n) is 8.56. The number of halogens is 4. The number of rotatable bonds is 9. The molecule has 0 aliphatic carbocycles. The lowest BCUT2D eigenvalue weighted by Crippen LogP contribution is -2.43. The zero-order valence-corrected chi connectivity index (χ0v) is 24.9. The molecule has 1 amide bonds. The highest BCUT2D eigenvalue weighted by atomic mass is 19.4. The number of carbonyl (C=O) groups is 2. The van der Waals surface area contributed by atoms with Crippen molar-refractivity contribution >= 4 is 11.7 Å². The van der Waals surface area contributed by atoms with E-state index in [2.05, 4.69) is 10.3 Å². The third-order valence-corrected chi connectivity index (χ3v) is 8.56. The van der Waals surface area contributed by atoms with Gasteiger partial charge in [-0.05, 0) is 67.6 Å². The van der Waals surface area contributed by atoms with Gasteiger partial charge >= 0.3 is 6.18 Å². The predicted octanol–water partition coefficient (Wildman–Crippen LogP) is 5.97. The van der Waals surface area contributed by atoms with E-state index < -0.39 is 47.3 Å². The lowest BCUT2D eigenvalue weighted by atomic mass is 9.83. The van der Waals surface area contributed by atoms with Gasteiger partial charge in [-0.3, -0.25) is 9.59 Å². The molecule has 11 heteroatoms. The summed E-state index contributed by atoms with van der Waals surface area (Å²) in [6, 6.07) is 9.81. The Bertz CT molecular complexity index is 1620. The summed E-state index contributed by atoms with van der Waals surface area (Å²) in [6.45, 7) is 5.88. The van der Waals surface area contributed by atoms with E-state index in [4.69, 9.17) is 9.47 Å². The minimum atomic E-state index is -5.18. The van der Waals surface area contributed by atoms with Crippen molar-refractivity contribution in [1.82, 2.24) is 10.3 Å². The fraction of sp³-hybridized carbons (Fsp3) is 0.424. The van der Waals surface area contributed by atoms with E-state index in [0.717, 1.165) is 0 Å². The van der Waals surface area contributed by atoms with Crippen LogP contribution in [0.1, 0.15) is 65.9 Å². The van der Waals surface area contributed by atoms with Crippen LogP contribution in [0.3, 0.4) is 0 Å². The third kappa shape index (κ3) is 5.77. The molecule has 5 rings (SSSR count). The van der Waals surface area contributed by atoms with Crippen LogP contribution in [-0.2, 0) is 22.2 Å². The fourth-order valence-electron chi connectivity index (χ4n) is 5.76. The Kier molecular flexibility index (Phi) is 8.22. The summed E-state index contributed by atoms with van der Waals surface area (Å²) in [7, 11) is 1.41. The molecule has 3 aromatic rings. The van der Waals surface area contributed by atoms with Crippen LogP contribution < -0.4 is 14.8 Å². The minimum Gasteiger partial charge on any atom is -0.496 e. The molecule has 1 fully saturated rings. The fourth-order valence-corrected chi connectivity index (χ4v) is 5.76. The number of nitrogens with zero attached hydrogens (tertiary/aromatic N) is 1. The molecular weight excluding hydrogens is 580 g/mol. The van der Waals surface area contributed by atoms with Gasteiger partial charge in [0, 0.05) is 41.0 Å². The average Bonchev–Trinajstić information content (AvgIpc) is 3.53. The van der Waals surface area contributed by atoms with E-state index in [0.29, 0.717) is 41.8 Å². The average molecular weight is 615 g/mol. The van der Waals surface area contributed by atoms with Crippen LogP contribution in [0.15, 0.2) is 42.5 Å². The lowest BCUT2D eigenvalue weighted by Gasteiger charge is -2.31. The van der Waals surface area contributed by atoms with Crippen LogP contribution in [0.4, 0.5) is 17.6 Å². The highest BCUT2D eigenvalue weighted by molar-refractivity contribution is 5.96. The summed E-state index contributed by atoms with van der Waals surface area (Å²) >= 11 is 0. The van der Waals surface area contributed by atoms with Gasteiger partial charge in [0.2, 0.25) is 11.5 Å². The topological polar surface area (TPSA) is 97.8 Å². The number of pyridine rings is 1. The van der Waals surface area contributed by atoms with Crippen LogP contribution in [0.2, 0.25) is 0 Å². The first-order valence-corrected chi connectivity index (χ1v) is 14.4. The maximum absolute atomic E-state index is 14.7. The first kappa shape index (κ1) is 31.4. The van der Waals surface area contributed by atoms with Crippen molar-refractivity contribution in [2.75, 3.05) is 20.3 Å². The predicted molar refractivity (Wildman–Crippen MR) is 154 cm³/mol. The molecule has 1 aromatic heterocycles. The van der Waals surface area contributed by atoms with Gasteiger partial charge in [0.05, 0.1) is 19.4 Å². The molecule has 3 heterocycles. The summed E-state index contributed by atoms with van der Waals surface area (Å²) in [6.07, 6.45) is -5.75. The summed E-state index contributed by atoms with van der Waals surface area (Å²) < 4.78 is 69.4. The second-order valence-corrected chi connectivity index (χ2v) is 12.2. The molecule has 2 aromatic carbocycles. The zero-order valence-electron chi connectivity index (χ0n) is 24.9. The summed E-state index contributed by atoms with van der Waals surface area (Å²) in [5.74, 6) is -0.786. The van der Waals surface area contributed by atoms with E-state index in [-0.39, 0.29) is 41.0 Å². The molecule has 7 nitrogen and oxygen atoms in total. The van der Waals surface area contributed by atoms with Crippen molar-refractivity contribution in [3.8, 4) is 22.8 Å². The van der Waals surface area contributed by atoms with Gasteiger partial charge in [-0.1, -0.05) is 26.0 Å². The Morgan fingerprint density at radius 2 is 1.93 bits per heavy atom. The molecule has 2 unspecified atom stereocenters. The normalized spacial score (nSPS) is 18.8.